The van der Waals surface area contributed by atoms with Crippen LogP contribution in [0.25, 0.3) is 0 Å². The lowest BCUT2D eigenvalue weighted by atomic mass is 10.2. The van der Waals surface area contributed by atoms with Gasteiger partial charge in [-0.2, -0.15) is 0 Å². The summed E-state index contributed by atoms with van der Waals surface area (Å²) in [6.07, 6.45) is 1.77. The number of nitrogens with zero attached hydrogens (tertiary/aromatic N) is 1. The predicted molar refractivity (Wildman–Crippen MR) is 49.7 cm³/mol. The first-order valence-corrected chi connectivity index (χ1v) is 4.21. The van der Waals surface area contributed by atoms with Crippen molar-refractivity contribution < 1.29 is 0 Å². The molecule has 0 aliphatic heterocycles. The van der Waals surface area contributed by atoms with E-state index in [1.165, 1.54) is 0 Å². The lowest BCUT2D eigenvalue weighted by molar-refractivity contribution is 0.604. The summed E-state index contributed by atoms with van der Waals surface area (Å²) < 4.78 is 0. The topological polar surface area (TPSA) is 50.9 Å². The maximum atomic E-state index is 5.86. The standard InChI is InChI=1S/C9H15N3/c1-2-11-7-8(10)9-5-3-4-6-12-9/h3-6,8,11H,2,7,10H2,1H3. The van der Waals surface area contributed by atoms with Crippen LogP contribution in [0.15, 0.2) is 24.4 Å². The number of hydrogen-bond donors (Lipinski definition) is 2. The van der Waals surface area contributed by atoms with Crippen LogP contribution in [-0.2, 0) is 0 Å². The molecule has 3 nitrogen and oxygen atoms in total. The summed E-state index contributed by atoms with van der Waals surface area (Å²) in [5.41, 5.74) is 6.80. The summed E-state index contributed by atoms with van der Waals surface area (Å²) >= 11 is 0. The number of hydrogen-bond acceptors (Lipinski definition) is 3. The molecule has 0 aliphatic rings. The zero-order chi connectivity index (χ0) is 8.81. The van der Waals surface area contributed by atoms with Crippen LogP contribution in [0, 0.1) is 0 Å². The van der Waals surface area contributed by atoms with E-state index in [0.29, 0.717) is 0 Å². The van der Waals surface area contributed by atoms with Gasteiger partial charge in [-0.25, -0.2) is 0 Å². The molecule has 0 saturated heterocycles. The Bertz CT molecular complexity index is 210. The molecule has 12 heavy (non-hydrogen) atoms. The summed E-state index contributed by atoms with van der Waals surface area (Å²) in [5.74, 6) is 0. The van der Waals surface area contributed by atoms with E-state index in [4.69, 9.17) is 5.73 Å². The van der Waals surface area contributed by atoms with E-state index in [1.807, 2.05) is 18.2 Å². The van der Waals surface area contributed by atoms with E-state index in [-0.39, 0.29) is 6.04 Å². The van der Waals surface area contributed by atoms with Crippen molar-refractivity contribution in [2.45, 2.75) is 13.0 Å². The quantitative estimate of drug-likeness (QED) is 0.690. The molecule has 0 amide bonds. The third-order valence-corrected chi connectivity index (χ3v) is 1.68. The Morgan fingerprint density at radius 3 is 3.00 bits per heavy atom. The van der Waals surface area contributed by atoms with Gasteiger partial charge in [0.2, 0.25) is 0 Å². The lowest BCUT2D eigenvalue weighted by Crippen LogP contribution is -2.27. The highest BCUT2D eigenvalue weighted by atomic mass is 14.9. The van der Waals surface area contributed by atoms with Crippen molar-refractivity contribution in [3.05, 3.63) is 30.1 Å². The van der Waals surface area contributed by atoms with Crippen molar-refractivity contribution in [3.63, 3.8) is 0 Å². The first-order chi connectivity index (χ1) is 5.84. The van der Waals surface area contributed by atoms with E-state index >= 15 is 0 Å². The van der Waals surface area contributed by atoms with E-state index in [1.54, 1.807) is 6.20 Å². The number of nitrogens with one attached hydrogen (secondary N) is 1. The Balaban J connectivity index is 2.48. The van der Waals surface area contributed by atoms with Gasteiger partial charge < -0.3 is 11.1 Å². The molecule has 1 heterocycles. The summed E-state index contributed by atoms with van der Waals surface area (Å²) in [6, 6.07) is 5.80. The van der Waals surface area contributed by atoms with E-state index < -0.39 is 0 Å². The monoisotopic (exact) mass is 165 g/mol. The molecular formula is C9H15N3. The van der Waals surface area contributed by atoms with Crippen molar-refractivity contribution in [2.75, 3.05) is 13.1 Å². The van der Waals surface area contributed by atoms with Crippen molar-refractivity contribution in [1.82, 2.24) is 10.3 Å². The van der Waals surface area contributed by atoms with Gasteiger partial charge in [-0.15, -0.1) is 0 Å². The fourth-order valence-corrected chi connectivity index (χ4v) is 1.000. The first kappa shape index (κ1) is 9.16. The maximum Gasteiger partial charge on any atom is 0.0596 e. The third-order valence-electron chi connectivity index (χ3n) is 1.68. The second-order valence-electron chi connectivity index (χ2n) is 2.67. The van der Waals surface area contributed by atoms with Crippen LogP contribution in [-0.4, -0.2) is 18.1 Å². The van der Waals surface area contributed by atoms with Crippen LogP contribution < -0.4 is 11.1 Å². The van der Waals surface area contributed by atoms with Gasteiger partial charge in [0.1, 0.15) is 0 Å². The molecule has 3 N–H and O–H groups in total. The zero-order valence-corrected chi connectivity index (χ0v) is 7.33. The van der Waals surface area contributed by atoms with Crippen LogP contribution in [0.3, 0.4) is 0 Å². The van der Waals surface area contributed by atoms with Crippen molar-refractivity contribution in [1.29, 1.82) is 0 Å². The summed E-state index contributed by atoms with van der Waals surface area (Å²) in [5, 5.41) is 3.18. The van der Waals surface area contributed by atoms with Gasteiger partial charge in [0, 0.05) is 12.7 Å². The summed E-state index contributed by atoms with van der Waals surface area (Å²) in [7, 11) is 0. The Kier molecular flexibility index (Phi) is 3.70. The molecule has 0 aromatic carbocycles. The van der Waals surface area contributed by atoms with Gasteiger partial charge in [-0.1, -0.05) is 13.0 Å². The smallest absolute Gasteiger partial charge is 0.0596 e. The molecule has 0 radical (unpaired) electrons. The Hall–Kier alpha value is -0.930. The predicted octanol–water partition coefficient (Wildman–Crippen LogP) is 0.691. The Morgan fingerprint density at radius 1 is 1.58 bits per heavy atom. The highest BCUT2D eigenvalue weighted by molar-refractivity contribution is 5.08. The minimum Gasteiger partial charge on any atom is -0.322 e. The van der Waals surface area contributed by atoms with Gasteiger partial charge in [0.15, 0.2) is 0 Å². The second-order valence-corrected chi connectivity index (χ2v) is 2.67. The van der Waals surface area contributed by atoms with Crippen LogP contribution >= 0.6 is 0 Å². The second kappa shape index (κ2) is 4.85. The van der Waals surface area contributed by atoms with Gasteiger partial charge in [-0.05, 0) is 18.7 Å². The molecular weight excluding hydrogens is 150 g/mol. The molecule has 1 unspecified atom stereocenters. The van der Waals surface area contributed by atoms with Crippen LogP contribution in [0.5, 0.6) is 0 Å². The summed E-state index contributed by atoms with van der Waals surface area (Å²) in [6.45, 7) is 3.79. The average molecular weight is 165 g/mol. The number of rotatable bonds is 4. The van der Waals surface area contributed by atoms with Gasteiger partial charge in [-0.3, -0.25) is 4.98 Å². The van der Waals surface area contributed by atoms with Crippen LogP contribution in [0.1, 0.15) is 18.7 Å². The number of aromatic nitrogens is 1. The van der Waals surface area contributed by atoms with E-state index in [2.05, 4.69) is 17.2 Å². The zero-order valence-electron chi connectivity index (χ0n) is 7.33. The maximum absolute atomic E-state index is 5.86. The average Bonchev–Trinajstić information content (AvgIpc) is 2.15. The molecule has 0 aliphatic carbocycles. The van der Waals surface area contributed by atoms with E-state index in [9.17, 15) is 0 Å². The van der Waals surface area contributed by atoms with Gasteiger partial charge in [0.05, 0.1) is 11.7 Å². The minimum absolute atomic E-state index is 0.00569. The molecule has 66 valence electrons. The van der Waals surface area contributed by atoms with Gasteiger partial charge >= 0.3 is 0 Å². The molecule has 3 heteroatoms. The molecule has 0 spiro atoms. The molecule has 0 bridgehead atoms. The van der Waals surface area contributed by atoms with Crippen molar-refractivity contribution in [3.8, 4) is 0 Å². The fourth-order valence-electron chi connectivity index (χ4n) is 1.000. The highest BCUT2D eigenvalue weighted by Gasteiger charge is 2.04. The largest absolute Gasteiger partial charge is 0.322 e. The Labute approximate surface area is 73.0 Å². The molecule has 1 rings (SSSR count). The first-order valence-electron chi connectivity index (χ1n) is 4.21. The normalized spacial score (nSPS) is 12.8. The van der Waals surface area contributed by atoms with Crippen LogP contribution in [0.2, 0.25) is 0 Å². The third kappa shape index (κ3) is 2.60. The molecule has 1 atom stereocenters. The number of pyridine rings is 1. The van der Waals surface area contributed by atoms with Crippen LogP contribution in [0.4, 0.5) is 0 Å². The SMILES string of the molecule is CCNCC(N)c1ccccn1. The molecule has 0 saturated carbocycles. The number of nitrogens with two attached hydrogens (primary N) is 1. The summed E-state index contributed by atoms with van der Waals surface area (Å²) in [4.78, 5) is 4.17. The molecule has 0 fully saturated rings. The molecule has 1 aromatic rings. The fraction of sp³-hybridized carbons (Fsp3) is 0.444. The molecule has 1 aromatic heterocycles. The van der Waals surface area contributed by atoms with Crippen molar-refractivity contribution in [2.24, 2.45) is 5.73 Å². The minimum atomic E-state index is 0.00569. The van der Waals surface area contributed by atoms with Gasteiger partial charge in [0.25, 0.3) is 0 Å². The highest BCUT2D eigenvalue weighted by Crippen LogP contribution is 2.03. The number of likely N-dealkylation sites (N-methyl/N-ethyl adjacent to an activating group) is 1. The lowest BCUT2D eigenvalue weighted by Gasteiger charge is -2.10. The van der Waals surface area contributed by atoms with E-state index in [0.717, 1.165) is 18.8 Å². The Morgan fingerprint density at radius 2 is 2.42 bits per heavy atom. The van der Waals surface area contributed by atoms with Crippen molar-refractivity contribution >= 4 is 0 Å².